The molecule has 1 fully saturated rings. The van der Waals surface area contributed by atoms with Gasteiger partial charge in [0.05, 0.1) is 17.7 Å². The second-order valence-corrected chi connectivity index (χ2v) is 6.35. The predicted molar refractivity (Wildman–Crippen MR) is 85.0 cm³/mol. The second kappa shape index (κ2) is 6.97. The summed E-state index contributed by atoms with van der Waals surface area (Å²) in [6.07, 6.45) is 6.84. The van der Waals surface area contributed by atoms with Crippen molar-refractivity contribution >= 4 is 27.8 Å². The van der Waals surface area contributed by atoms with Crippen molar-refractivity contribution in [1.29, 1.82) is 0 Å². The van der Waals surface area contributed by atoms with Gasteiger partial charge in [-0.2, -0.15) is 0 Å². The molecule has 112 valence electrons. The fraction of sp³-hybridized carbons (Fsp3) is 0.667. The van der Waals surface area contributed by atoms with Gasteiger partial charge in [-0.1, -0.05) is 26.2 Å². The molecule has 0 saturated heterocycles. The van der Waals surface area contributed by atoms with Crippen LogP contribution in [0.25, 0.3) is 0 Å². The normalized spacial score (nSPS) is 14.3. The summed E-state index contributed by atoms with van der Waals surface area (Å²) < 4.78 is 5.36. The quantitative estimate of drug-likeness (QED) is 0.535. The van der Waals surface area contributed by atoms with E-state index in [-0.39, 0.29) is 11.7 Å². The molecule has 1 aliphatic rings. The van der Waals surface area contributed by atoms with Crippen LogP contribution in [-0.4, -0.2) is 19.4 Å². The predicted octanol–water partition coefficient (Wildman–Crippen LogP) is 3.92. The number of unbranched alkanes of at least 4 members (excludes halogenated alkanes) is 3. The Hall–Kier alpha value is -1.23. The summed E-state index contributed by atoms with van der Waals surface area (Å²) in [5.74, 6) is 1.01. The summed E-state index contributed by atoms with van der Waals surface area (Å²) in [7, 11) is 1.60. The average molecular weight is 296 g/mol. The Bertz CT molecular complexity index is 467. The molecule has 5 heteroatoms. The second-order valence-electron chi connectivity index (χ2n) is 5.33. The third kappa shape index (κ3) is 3.45. The first-order valence-electron chi connectivity index (χ1n) is 7.43. The molecular weight excluding hydrogens is 272 g/mol. The molecule has 0 radical (unpaired) electrons. The van der Waals surface area contributed by atoms with E-state index in [0.29, 0.717) is 16.3 Å². The highest BCUT2D eigenvalue weighted by Crippen LogP contribution is 2.45. The van der Waals surface area contributed by atoms with E-state index in [9.17, 15) is 4.79 Å². The van der Waals surface area contributed by atoms with Gasteiger partial charge in [-0.25, -0.2) is 0 Å². The molecule has 0 atom stereocenters. The molecule has 0 bridgehead atoms. The van der Waals surface area contributed by atoms with Crippen molar-refractivity contribution in [2.75, 3.05) is 24.7 Å². The summed E-state index contributed by atoms with van der Waals surface area (Å²) in [5, 5.41) is 4.25. The third-order valence-electron chi connectivity index (χ3n) is 3.59. The van der Waals surface area contributed by atoms with E-state index in [1.807, 2.05) is 0 Å². The molecule has 0 aliphatic heterocycles. The van der Waals surface area contributed by atoms with E-state index in [4.69, 9.17) is 10.5 Å². The van der Waals surface area contributed by atoms with Crippen LogP contribution in [-0.2, 0) is 0 Å². The van der Waals surface area contributed by atoms with Gasteiger partial charge in [0.2, 0.25) is 0 Å². The molecule has 20 heavy (non-hydrogen) atoms. The number of carbonyl (C=O) groups is 1. The minimum absolute atomic E-state index is 0.185. The molecular formula is C15H24N2O2S. The van der Waals surface area contributed by atoms with Crippen molar-refractivity contribution in [2.24, 2.45) is 5.92 Å². The number of ketones is 1. The van der Waals surface area contributed by atoms with Gasteiger partial charge in [0.25, 0.3) is 0 Å². The van der Waals surface area contributed by atoms with Gasteiger partial charge < -0.3 is 15.8 Å². The van der Waals surface area contributed by atoms with Crippen LogP contribution in [0.15, 0.2) is 0 Å². The number of anilines is 2. The summed E-state index contributed by atoms with van der Waals surface area (Å²) >= 11 is 1.44. The number of rotatable bonds is 9. The lowest BCUT2D eigenvalue weighted by Crippen LogP contribution is -2.02. The number of thiophene rings is 1. The zero-order valence-corrected chi connectivity index (χ0v) is 13.1. The number of hydrogen-bond donors (Lipinski definition) is 2. The maximum absolute atomic E-state index is 12.2. The van der Waals surface area contributed by atoms with Gasteiger partial charge in [-0.15, -0.1) is 11.3 Å². The molecule has 0 spiro atoms. The third-order valence-corrected chi connectivity index (χ3v) is 4.75. The molecule has 1 saturated carbocycles. The Balaban J connectivity index is 2.00. The van der Waals surface area contributed by atoms with E-state index in [2.05, 4.69) is 12.2 Å². The van der Waals surface area contributed by atoms with Gasteiger partial charge in [-0.05, 0) is 19.3 Å². The summed E-state index contributed by atoms with van der Waals surface area (Å²) in [5.41, 5.74) is 6.56. The molecule has 1 heterocycles. The van der Waals surface area contributed by atoms with Crippen LogP contribution in [0, 0.1) is 5.92 Å². The minimum Gasteiger partial charge on any atom is -0.492 e. The maximum atomic E-state index is 12.2. The first-order chi connectivity index (χ1) is 9.69. The zero-order chi connectivity index (χ0) is 14.5. The van der Waals surface area contributed by atoms with Crippen molar-refractivity contribution in [3.8, 4) is 5.75 Å². The van der Waals surface area contributed by atoms with Crippen LogP contribution in [0.5, 0.6) is 5.75 Å². The van der Waals surface area contributed by atoms with E-state index >= 15 is 0 Å². The van der Waals surface area contributed by atoms with Crippen LogP contribution in [0.2, 0.25) is 0 Å². The standard InChI is InChI=1S/C15H24N2O2S/c1-3-4-5-6-9-17-15-13(19-2)11(16)14(20-15)12(18)10-7-8-10/h10,17H,3-9,16H2,1-2H3. The Morgan fingerprint density at radius 3 is 2.75 bits per heavy atom. The first kappa shape index (κ1) is 15.2. The molecule has 1 aromatic rings. The lowest BCUT2D eigenvalue weighted by atomic mass is 10.2. The Morgan fingerprint density at radius 2 is 2.15 bits per heavy atom. The average Bonchev–Trinajstić information content (AvgIpc) is 3.23. The Labute approximate surface area is 124 Å². The Kier molecular flexibility index (Phi) is 5.29. The number of ether oxygens (including phenoxy) is 1. The van der Waals surface area contributed by atoms with Gasteiger partial charge in [0.15, 0.2) is 11.5 Å². The van der Waals surface area contributed by atoms with E-state index < -0.39 is 0 Å². The van der Waals surface area contributed by atoms with Crippen molar-refractivity contribution in [2.45, 2.75) is 45.4 Å². The van der Waals surface area contributed by atoms with Crippen molar-refractivity contribution < 1.29 is 9.53 Å². The van der Waals surface area contributed by atoms with Gasteiger partial charge in [-0.3, -0.25) is 4.79 Å². The largest absolute Gasteiger partial charge is 0.492 e. The summed E-state index contributed by atoms with van der Waals surface area (Å²) in [6.45, 7) is 3.10. The monoisotopic (exact) mass is 296 g/mol. The first-order valence-corrected chi connectivity index (χ1v) is 8.25. The number of carbonyl (C=O) groups excluding carboxylic acids is 1. The highest BCUT2D eigenvalue weighted by atomic mass is 32.1. The van der Waals surface area contributed by atoms with Crippen LogP contribution in [0.4, 0.5) is 10.7 Å². The molecule has 2 rings (SSSR count). The number of nitrogens with one attached hydrogen (secondary N) is 1. The van der Waals surface area contributed by atoms with Crippen LogP contribution in [0.1, 0.15) is 55.1 Å². The minimum atomic E-state index is 0.185. The molecule has 1 aromatic heterocycles. The highest BCUT2D eigenvalue weighted by Gasteiger charge is 2.34. The molecule has 0 amide bonds. The van der Waals surface area contributed by atoms with E-state index in [1.54, 1.807) is 7.11 Å². The molecule has 0 aromatic carbocycles. The number of Topliss-reactive ketones (excluding diaryl/α,β-unsaturated/α-hetero) is 1. The van der Waals surface area contributed by atoms with Gasteiger partial charge >= 0.3 is 0 Å². The smallest absolute Gasteiger partial charge is 0.178 e. The maximum Gasteiger partial charge on any atom is 0.178 e. The molecule has 4 nitrogen and oxygen atoms in total. The lowest BCUT2D eigenvalue weighted by molar-refractivity contribution is 0.0972. The Morgan fingerprint density at radius 1 is 1.40 bits per heavy atom. The molecule has 1 aliphatic carbocycles. The van der Waals surface area contributed by atoms with Crippen molar-refractivity contribution in [3.05, 3.63) is 4.88 Å². The lowest BCUT2D eigenvalue weighted by Gasteiger charge is -2.06. The number of methoxy groups -OCH3 is 1. The SMILES string of the molecule is CCCCCCNc1sc(C(=O)C2CC2)c(N)c1OC. The fourth-order valence-corrected chi connectivity index (χ4v) is 3.35. The summed E-state index contributed by atoms with van der Waals surface area (Å²) in [4.78, 5) is 12.8. The van der Waals surface area contributed by atoms with Crippen molar-refractivity contribution in [1.82, 2.24) is 0 Å². The fourth-order valence-electron chi connectivity index (χ4n) is 2.22. The molecule has 3 N–H and O–H groups in total. The van der Waals surface area contributed by atoms with E-state index in [0.717, 1.165) is 30.8 Å². The topological polar surface area (TPSA) is 64.4 Å². The van der Waals surface area contributed by atoms with Crippen LogP contribution in [0.3, 0.4) is 0 Å². The molecule has 0 unspecified atom stereocenters. The van der Waals surface area contributed by atoms with Gasteiger partial charge in [0.1, 0.15) is 5.00 Å². The summed E-state index contributed by atoms with van der Waals surface area (Å²) in [6, 6.07) is 0. The number of hydrogen-bond acceptors (Lipinski definition) is 5. The zero-order valence-electron chi connectivity index (χ0n) is 12.3. The van der Waals surface area contributed by atoms with Crippen LogP contribution >= 0.6 is 11.3 Å². The van der Waals surface area contributed by atoms with Gasteiger partial charge in [0, 0.05) is 12.5 Å². The number of nitrogens with two attached hydrogens (primary N) is 1. The van der Waals surface area contributed by atoms with Crippen molar-refractivity contribution in [3.63, 3.8) is 0 Å². The van der Waals surface area contributed by atoms with E-state index in [1.165, 1.54) is 30.6 Å². The highest BCUT2D eigenvalue weighted by molar-refractivity contribution is 7.19. The van der Waals surface area contributed by atoms with Crippen LogP contribution < -0.4 is 15.8 Å². The number of nitrogen functional groups attached to an aromatic ring is 1.